The predicted octanol–water partition coefficient (Wildman–Crippen LogP) is 3.49. The summed E-state index contributed by atoms with van der Waals surface area (Å²) >= 11 is 0. The fourth-order valence-corrected chi connectivity index (χ4v) is 2.96. The molecule has 144 valence electrons. The fourth-order valence-electron chi connectivity index (χ4n) is 2.96. The van der Waals surface area contributed by atoms with Crippen molar-refractivity contribution in [3.63, 3.8) is 0 Å². The number of ether oxygens (including phenoxy) is 1. The van der Waals surface area contributed by atoms with Crippen molar-refractivity contribution in [1.29, 1.82) is 0 Å². The van der Waals surface area contributed by atoms with Gasteiger partial charge in [-0.05, 0) is 37.1 Å². The number of carbonyl (C=O) groups is 2. The highest BCUT2D eigenvalue weighted by Gasteiger charge is 2.20. The third-order valence-electron chi connectivity index (χ3n) is 4.64. The first-order valence-electron chi connectivity index (χ1n) is 9.33. The molecule has 0 spiro atoms. The maximum absolute atomic E-state index is 12.4. The second-order valence-electron chi connectivity index (χ2n) is 6.57. The number of fused-ring (bicyclic) bond motifs is 1. The Morgan fingerprint density at radius 1 is 1.04 bits per heavy atom. The molecule has 6 heteroatoms. The summed E-state index contributed by atoms with van der Waals surface area (Å²) < 4.78 is 5.32. The number of aromatic nitrogens is 2. The Morgan fingerprint density at radius 3 is 2.46 bits per heavy atom. The van der Waals surface area contributed by atoms with E-state index in [0.717, 1.165) is 6.42 Å². The van der Waals surface area contributed by atoms with Crippen molar-refractivity contribution in [3.05, 3.63) is 72.1 Å². The zero-order valence-corrected chi connectivity index (χ0v) is 16.0. The Kier molecular flexibility index (Phi) is 6.32. The SMILES string of the molecule is CC[C@H](CNC(=O)[C@@H](C)OC(=O)c1ccc2nccnc2c1)c1ccccc1. The van der Waals surface area contributed by atoms with Gasteiger partial charge in [0.15, 0.2) is 6.10 Å². The molecule has 28 heavy (non-hydrogen) atoms. The van der Waals surface area contributed by atoms with Gasteiger partial charge in [0.05, 0.1) is 16.6 Å². The maximum Gasteiger partial charge on any atom is 0.338 e. The minimum atomic E-state index is -0.890. The zero-order chi connectivity index (χ0) is 19.9. The molecule has 2 aromatic carbocycles. The summed E-state index contributed by atoms with van der Waals surface area (Å²) in [6, 6.07) is 15.0. The lowest BCUT2D eigenvalue weighted by Gasteiger charge is -2.18. The normalized spacial score (nSPS) is 12.9. The first kappa shape index (κ1) is 19.5. The third-order valence-corrected chi connectivity index (χ3v) is 4.64. The number of hydrogen-bond acceptors (Lipinski definition) is 5. The van der Waals surface area contributed by atoms with Crippen LogP contribution in [-0.4, -0.2) is 34.5 Å². The van der Waals surface area contributed by atoms with Crippen LogP contribution < -0.4 is 5.32 Å². The average Bonchev–Trinajstić information content (AvgIpc) is 2.74. The molecule has 0 saturated carbocycles. The van der Waals surface area contributed by atoms with Gasteiger partial charge in [-0.1, -0.05) is 37.3 Å². The summed E-state index contributed by atoms with van der Waals surface area (Å²) in [5, 5.41) is 2.88. The molecular formula is C22H23N3O3. The topological polar surface area (TPSA) is 81.2 Å². The van der Waals surface area contributed by atoms with Gasteiger partial charge in [0.1, 0.15) is 0 Å². The molecular weight excluding hydrogens is 354 g/mol. The summed E-state index contributed by atoms with van der Waals surface area (Å²) in [5.41, 5.74) is 2.80. The highest BCUT2D eigenvalue weighted by molar-refractivity contribution is 5.95. The van der Waals surface area contributed by atoms with E-state index in [1.165, 1.54) is 5.56 Å². The zero-order valence-electron chi connectivity index (χ0n) is 16.0. The molecule has 3 rings (SSSR count). The van der Waals surface area contributed by atoms with E-state index in [1.54, 1.807) is 37.5 Å². The van der Waals surface area contributed by atoms with Gasteiger partial charge in [0, 0.05) is 24.9 Å². The first-order chi connectivity index (χ1) is 13.6. The van der Waals surface area contributed by atoms with E-state index in [0.29, 0.717) is 23.1 Å². The molecule has 1 heterocycles. The fraction of sp³-hybridized carbons (Fsp3) is 0.273. The summed E-state index contributed by atoms with van der Waals surface area (Å²) in [6.45, 7) is 4.14. The Balaban J connectivity index is 1.57. The average molecular weight is 377 g/mol. The predicted molar refractivity (Wildman–Crippen MR) is 107 cm³/mol. The molecule has 0 aliphatic rings. The van der Waals surface area contributed by atoms with E-state index < -0.39 is 12.1 Å². The number of rotatable bonds is 7. The summed E-state index contributed by atoms with van der Waals surface area (Å²) in [6.07, 6.45) is 3.16. The Labute approximate surface area is 164 Å². The summed E-state index contributed by atoms with van der Waals surface area (Å²) in [7, 11) is 0. The second kappa shape index (κ2) is 9.08. The van der Waals surface area contributed by atoms with Crippen LogP contribution in [0.4, 0.5) is 0 Å². The number of carbonyl (C=O) groups excluding carboxylic acids is 2. The molecule has 0 unspecified atom stereocenters. The van der Waals surface area contributed by atoms with Crippen molar-refractivity contribution >= 4 is 22.9 Å². The second-order valence-corrected chi connectivity index (χ2v) is 6.57. The van der Waals surface area contributed by atoms with E-state index in [2.05, 4.69) is 22.2 Å². The third kappa shape index (κ3) is 4.71. The maximum atomic E-state index is 12.4. The lowest BCUT2D eigenvalue weighted by Crippen LogP contribution is -2.38. The lowest BCUT2D eigenvalue weighted by molar-refractivity contribution is -0.129. The number of esters is 1. The van der Waals surface area contributed by atoms with Gasteiger partial charge in [-0.25, -0.2) is 4.79 Å². The van der Waals surface area contributed by atoms with Crippen LogP contribution in [0.5, 0.6) is 0 Å². The van der Waals surface area contributed by atoms with E-state index in [4.69, 9.17) is 4.74 Å². The molecule has 1 N–H and O–H groups in total. The van der Waals surface area contributed by atoms with Crippen LogP contribution >= 0.6 is 0 Å². The molecule has 0 fully saturated rings. The number of amides is 1. The Morgan fingerprint density at radius 2 is 1.75 bits per heavy atom. The number of nitrogens with zero attached hydrogens (tertiary/aromatic N) is 2. The van der Waals surface area contributed by atoms with Crippen molar-refractivity contribution < 1.29 is 14.3 Å². The van der Waals surface area contributed by atoms with Crippen LogP contribution in [0.25, 0.3) is 11.0 Å². The van der Waals surface area contributed by atoms with Crippen molar-refractivity contribution in [2.45, 2.75) is 32.3 Å². The van der Waals surface area contributed by atoms with Crippen molar-refractivity contribution in [2.75, 3.05) is 6.54 Å². The monoisotopic (exact) mass is 377 g/mol. The Hall–Kier alpha value is -3.28. The van der Waals surface area contributed by atoms with Crippen LogP contribution in [0.3, 0.4) is 0 Å². The van der Waals surface area contributed by atoms with E-state index >= 15 is 0 Å². The minimum absolute atomic E-state index is 0.215. The molecule has 1 aromatic heterocycles. The molecule has 0 aliphatic carbocycles. The number of benzene rings is 2. The van der Waals surface area contributed by atoms with Crippen LogP contribution in [0.1, 0.15) is 42.1 Å². The van der Waals surface area contributed by atoms with Crippen molar-refractivity contribution in [1.82, 2.24) is 15.3 Å². The highest BCUT2D eigenvalue weighted by Crippen LogP contribution is 2.18. The highest BCUT2D eigenvalue weighted by atomic mass is 16.5. The van der Waals surface area contributed by atoms with Gasteiger partial charge in [0.25, 0.3) is 5.91 Å². The summed E-state index contributed by atoms with van der Waals surface area (Å²) in [4.78, 5) is 33.1. The molecule has 1 amide bonds. The summed E-state index contributed by atoms with van der Waals surface area (Å²) in [5.74, 6) is -0.666. The number of nitrogens with one attached hydrogen (secondary N) is 1. The van der Waals surface area contributed by atoms with E-state index in [-0.39, 0.29) is 11.8 Å². The van der Waals surface area contributed by atoms with Crippen LogP contribution in [-0.2, 0) is 9.53 Å². The van der Waals surface area contributed by atoms with Crippen molar-refractivity contribution in [2.24, 2.45) is 0 Å². The van der Waals surface area contributed by atoms with E-state index in [9.17, 15) is 9.59 Å². The van der Waals surface area contributed by atoms with Crippen molar-refractivity contribution in [3.8, 4) is 0 Å². The smallest absolute Gasteiger partial charge is 0.338 e. The van der Waals surface area contributed by atoms with E-state index in [1.807, 2.05) is 30.3 Å². The van der Waals surface area contributed by atoms with Gasteiger partial charge in [0.2, 0.25) is 0 Å². The molecule has 3 aromatic rings. The first-order valence-corrected chi connectivity index (χ1v) is 9.33. The molecule has 6 nitrogen and oxygen atoms in total. The number of hydrogen-bond donors (Lipinski definition) is 1. The molecule has 2 atom stereocenters. The van der Waals surface area contributed by atoms with Gasteiger partial charge in [-0.15, -0.1) is 0 Å². The molecule has 0 aliphatic heterocycles. The van der Waals surface area contributed by atoms with Gasteiger partial charge >= 0.3 is 5.97 Å². The molecule has 0 saturated heterocycles. The van der Waals surface area contributed by atoms with Crippen LogP contribution in [0.15, 0.2) is 60.9 Å². The van der Waals surface area contributed by atoms with Crippen LogP contribution in [0.2, 0.25) is 0 Å². The van der Waals surface area contributed by atoms with Gasteiger partial charge < -0.3 is 10.1 Å². The largest absolute Gasteiger partial charge is 0.449 e. The quantitative estimate of drug-likeness (QED) is 0.638. The Bertz CT molecular complexity index is 959. The molecule has 0 radical (unpaired) electrons. The van der Waals surface area contributed by atoms with Gasteiger partial charge in [-0.2, -0.15) is 0 Å². The van der Waals surface area contributed by atoms with Gasteiger partial charge in [-0.3, -0.25) is 14.8 Å². The minimum Gasteiger partial charge on any atom is -0.449 e. The van der Waals surface area contributed by atoms with Crippen LogP contribution in [0, 0.1) is 0 Å². The standard InChI is InChI=1S/C22H23N3O3/c1-3-16(17-7-5-4-6-8-17)14-25-21(26)15(2)28-22(27)18-9-10-19-20(13-18)24-12-11-23-19/h4-13,15-16H,3,14H2,1-2H3,(H,25,26)/t15-,16-/m1/s1. The lowest BCUT2D eigenvalue weighted by atomic mass is 9.96. The molecule has 0 bridgehead atoms.